The Morgan fingerprint density at radius 2 is 1.71 bits per heavy atom. The lowest BCUT2D eigenvalue weighted by Gasteiger charge is -2.49. The van der Waals surface area contributed by atoms with Gasteiger partial charge in [0.2, 0.25) is 0 Å². The fraction of sp³-hybridized carbons (Fsp3) is 0.926. The van der Waals surface area contributed by atoms with Gasteiger partial charge in [0.05, 0.1) is 5.60 Å². The van der Waals surface area contributed by atoms with Crippen LogP contribution in [0, 0.1) is 17.3 Å². The Kier molecular flexibility index (Phi) is 8.28. The molecule has 0 amide bonds. The molecule has 0 spiro atoms. The van der Waals surface area contributed by atoms with Gasteiger partial charge in [0.15, 0.2) is 16.6 Å². The van der Waals surface area contributed by atoms with Gasteiger partial charge < -0.3 is 8.85 Å². The lowest BCUT2D eigenvalue weighted by atomic mass is 9.63. The molecular weight excluding hydrogens is 412 g/mol. The van der Waals surface area contributed by atoms with E-state index in [1.807, 2.05) is 0 Å². The largest absolute Gasteiger partial charge is 0.414 e. The summed E-state index contributed by atoms with van der Waals surface area (Å²) in [6, 6.07) is 0. The van der Waals surface area contributed by atoms with E-state index in [9.17, 15) is 0 Å². The van der Waals surface area contributed by atoms with Gasteiger partial charge in [-0.1, -0.05) is 59.1 Å². The van der Waals surface area contributed by atoms with E-state index in [1.165, 1.54) is 38.5 Å². The zero-order valence-corrected chi connectivity index (χ0v) is 25.1. The molecule has 0 aromatic carbocycles. The van der Waals surface area contributed by atoms with Crippen LogP contribution in [-0.4, -0.2) is 28.3 Å². The molecule has 2 aliphatic carbocycles. The highest BCUT2D eigenvalue weighted by molar-refractivity contribution is 6.74. The molecule has 2 rings (SSSR count). The zero-order chi connectivity index (χ0) is 23.9. The van der Waals surface area contributed by atoms with Gasteiger partial charge >= 0.3 is 0 Å². The number of fused-ring (bicyclic) bond motifs is 1. The van der Waals surface area contributed by atoms with Crippen molar-refractivity contribution < 1.29 is 8.85 Å². The molecule has 0 radical (unpaired) electrons. The fourth-order valence-corrected chi connectivity index (χ4v) is 9.21. The molecule has 2 nitrogen and oxygen atoms in total. The molecule has 0 N–H and O–H groups in total. The van der Waals surface area contributed by atoms with Crippen molar-refractivity contribution in [3.05, 3.63) is 11.6 Å². The molecule has 1 saturated carbocycles. The van der Waals surface area contributed by atoms with Crippen LogP contribution in [0.15, 0.2) is 11.6 Å². The quantitative estimate of drug-likeness (QED) is 0.249. The second-order valence-electron chi connectivity index (χ2n) is 14.0. The Bertz CT molecular complexity index is 639. The van der Waals surface area contributed by atoms with Gasteiger partial charge in [0, 0.05) is 6.10 Å². The van der Waals surface area contributed by atoms with Gasteiger partial charge in [0.25, 0.3) is 0 Å². The summed E-state index contributed by atoms with van der Waals surface area (Å²) in [5.74, 6) is 1.35. The number of hydrogen-bond donors (Lipinski definition) is 0. The van der Waals surface area contributed by atoms with E-state index >= 15 is 0 Å². The van der Waals surface area contributed by atoms with Crippen molar-refractivity contribution in [2.24, 2.45) is 17.3 Å². The van der Waals surface area contributed by atoms with E-state index in [4.69, 9.17) is 8.85 Å². The summed E-state index contributed by atoms with van der Waals surface area (Å²) in [4.78, 5) is 0. The van der Waals surface area contributed by atoms with Crippen molar-refractivity contribution >= 4 is 16.6 Å². The van der Waals surface area contributed by atoms with Crippen molar-refractivity contribution in [2.75, 3.05) is 0 Å². The summed E-state index contributed by atoms with van der Waals surface area (Å²) < 4.78 is 13.5. The van der Waals surface area contributed by atoms with E-state index in [1.54, 1.807) is 5.57 Å². The first-order valence-corrected chi connectivity index (χ1v) is 19.3. The number of rotatable bonds is 9. The van der Waals surface area contributed by atoms with Crippen LogP contribution in [0.3, 0.4) is 0 Å². The smallest absolute Gasteiger partial charge is 0.192 e. The van der Waals surface area contributed by atoms with Crippen LogP contribution < -0.4 is 0 Å². The van der Waals surface area contributed by atoms with E-state index in [2.05, 4.69) is 87.3 Å². The van der Waals surface area contributed by atoms with E-state index in [-0.39, 0.29) is 10.6 Å². The van der Waals surface area contributed by atoms with Crippen molar-refractivity contribution in [3.8, 4) is 0 Å². The second kappa shape index (κ2) is 9.39. The molecule has 0 heterocycles. The van der Waals surface area contributed by atoms with Gasteiger partial charge in [-0.05, 0) is 101 Å². The zero-order valence-electron chi connectivity index (χ0n) is 23.1. The molecule has 0 saturated heterocycles. The summed E-state index contributed by atoms with van der Waals surface area (Å²) >= 11 is 0. The third kappa shape index (κ3) is 6.80. The minimum atomic E-state index is -1.73. The maximum absolute atomic E-state index is 7.02. The van der Waals surface area contributed by atoms with Crippen LogP contribution in [0.2, 0.25) is 37.8 Å². The Hall–Kier alpha value is 0.0938. The summed E-state index contributed by atoms with van der Waals surface area (Å²) in [6.07, 6.45) is 11.9. The molecule has 0 aliphatic heterocycles. The normalized spacial score (nSPS) is 29.0. The average Bonchev–Trinajstić information content (AvgIpc) is 2.89. The summed E-state index contributed by atoms with van der Waals surface area (Å²) in [5, 5.41) is 0.286. The van der Waals surface area contributed by atoms with E-state index in [0.29, 0.717) is 23.4 Å². The SMILES string of the molecule is C[C@@H](CCCC(C)(C)O[Si](C)(C)C)C1=CC[C@H]2[C@@H](O[Si](C)(C)C(C)(C)C)CCC[C@]12C. The van der Waals surface area contributed by atoms with Crippen LogP contribution in [-0.2, 0) is 8.85 Å². The molecule has 0 bridgehead atoms. The van der Waals surface area contributed by atoms with E-state index in [0.717, 1.165) is 6.42 Å². The van der Waals surface area contributed by atoms with Crippen LogP contribution in [0.5, 0.6) is 0 Å². The maximum Gasteiger partial charge on any atom is 0.192 e. The Morgan fingerprint density at radius 1 is 1.10 bits per heavy atom. The third-order valence-corrected chi connectivity index (χ3v) is 14.2. The highest BCUT2D eigenvalue weighted by Gasteiger charge is 2.51. The first kappa shape index (κ1) is 27.3. The van der Waals surface area contributed by atoms with Crippen molar-refractivity contribution in [1.82, 2.24) is 0 Å². The summed E-state index contributed by atoms with van der Waals surface area (Å²) in [7, 11) is -3.22. The Balaban J connectivity index is 2.00. The molecule has 0 unspecified atom stereocenters. The molecule has 4 atom stereocenters. The monoisotopic (exact) mass is 466 g/mol. The average molecular weight is 467 g/mol. The molecule has 4 heteroatoms. The molecule has 0 aromatic rings. The summed E-state index contributed by atoms with van der Waals surface area (Å²) in [6.45, 7) is 28.5. The highest BCUT2D eigenvalue weighted by Crippen LogP contribution is 2.56. The van der Waals surface area contributed by atoms with Gasteiger partial charge in [-0.15, -0.1) is 0 Å². The highest BCUT2D eigenvalue weighted by atomic mass is 28.4. The minimum Gasteiger partial charge on any atom is -0.414 e. The van der Waals surface area contributed by atoms with Crippen molar-refractivity contribution in [3.63, 3.8) is 0 Å². The lowest BCUT2D eigenvalue weighted by molar-refractivity contribution is 0.0157. The first-order chi connectivity index (χ1) is 13.9. The predicted molar refractivity (Wildman–Crippen MR) is 142 cm³/mol. The lowest BCUT2D eigenvalue weighted by Crippen LogP contribution is -2.49. The maximum atomic E-state index is 7.02. The second-order valence-corrected chi connectivity index (χ2v) is 23.2. The van der Waals surface area contributed by atoms with Crippen LogP contribution in [0.1, 0.15) is 93.4 Å². The van der Waals surface area contributed by atoms with Gasteiger partial charge in [-0.25, -0.2) is 0 Å². The number of hydrogen-bond acceptors (Lipinski definition) is 2. The Morgan fingerprint density at radius 3 is 2.26 bits per heavy atom. The molecule has 0 aromatic heterocycles. The first-order valence-electron chi connectivity index (χ1n) is 13.0. The molecule has 1 fully saturated rings. The Labute approximate surface area is 197 Å². The summed E-state index contributed by atoms with van der Waals surface area (Å²) in [5.41, 5.74) is 2.09. The van der Waals surface area contributed by atoms with E-state index < -0.39 is 16.6 Å². The van der Waals surface area contributed by atoms with Crippen LogP contribution >= 0.6 is 0 Å². The number of allylic oxidation sites excluding steroid dienone is 2. The fourth-order valence-electron chi connectivity index (χ4n) is 6.05. The molecule has 31 heavy (non-hydrogen) atoms. The standard InChI is InChI=1S/C27H54O2Si2/c1-21(15-13-19-26(5,6)29-30(8,9)10)22-17-18-23-24(16-14-20-27(22,23)7)28-31(11,12)25(2,3)4/h17,21,23-24H,13-16,18-20H2,1-12H3/t21-,23-,24-,27+/m0/s1. The van der Waals surface area contributed by atoms with Crippen molar-refractivity contribution in [2.45, 2.75) is 143 Å². The topological polar surface area (TPSA) is 18.5 Å². The van der Waals surface area contributed by atoms with Gasteiger partial charge in [0.1, 0.15) is 0 Å². The van der Waals surface area contributed by atoms with Crippen molar-refractivity contribution in [1.29, 1.82) is 0 Å². The minimum absolute atomic E-state index is 0.00757. The molecule has 2 aliphatic rings. The predicted octanol–water partition coefficient (Wildman–Crippen LogP) is 8.95. The third-order valence-electron chi connectivity index (χ3n) is 8.48. The van der Waals surface area contributed by atoms with Crippen LogP contribution in [0.4, 0.5) is 0 Å². The van der Waals surface area contributed by atoms with Gasteiger partial charge in [-0.3, -0.25) is 0 Å². The molecule has 182 valence electrons. The van der Waals surface area contributed by atoms with Crippen LogP contribution in [0.25, 0.3) is 0 Å². The molecular formula is C27H54O2Si2. The van der Waals surface area contributed by atoms with Gasteiger partial charge in [-0.2, -0.15) is 0 Å².